The van der Waals surface area contributed by atoms with E-state index in [-0.39, 0.29) is 6.42 Å². The molecule has 3 rings (SSSR count). The monoisotopic (exact) mass is 528 g/mol. The largest absolute Gasteiger partial charge is 0.309 e. The third-order valence-corrected chi connectivity index (χ3v) is 6.50. The van der Waals surface area contributed by atoms with E-state index in [9.17, 15) is 22.4 Å². The second kappa shape index (κ2) is 12.0. The Labute approximate surface area is 215 Å². The molecule has 0 saturated heterocycles. The Bertz CT molecular complexity index is 1340. The third kappa shape index (κ3) is 7.50. The molecule has 1 N–H and O–H groups in total. The van der Waals surface area contributed by atoms with Gasteiger partial charge in [-0.1, -0.05) is 54.1 Å². The van der Waals surface area contributed by atoms with Crippen molar-refractivity contribution in [3.63, 3.8) is 0 Å². The molecule has 0 heterocycles. The van der Waals surface area contributed by atoms with Gasteiger partial charge in [-0.05, 0) is 73.9 Å². The van der Waals surface area contributed by atoms with Gasteiger partial charge in [-0.25, -0.2) is 17.5 Å². The molecule has 3 aromatic rings. The number of nitrogens with zero attached hydrogens (tertiary/aromatic N) is 1. The highest BCUT2D eigenvalue weighted by molar-refractivity contribution is 7.93. The highest BCUT2D eigenvalue weighted by atomic mass is 35.5. The predicted molar refractivity (Wildman–Crippen MR) is 140 cm³/mol. The van der Waals surface area contributed by atoms with Gasteiger partial charge in [-0.3, -0.25) is 9.59 Å². The van der Waals surface area contributed by atoms with Crippen LogP contribution in [0.2, 0.25) is 5.02 Å². The number of hydrogen-bond acceptors (Lipinski definition) is 4. The minimum atomic E-state index is -4.20. The van der Waals surface area contributed by atoms with Gasteiger partial charge in [0.25, 0.3) is 10.0 Å². The van der Waals surface area contributed by atoms with Crippen molar-refractivity contribution in [2.24, 2.45) is 5.92 Å². The summed E-state index contributed by atoms with van der Waals surface area (Å²) in [4.78, 5) is 28.3. The number of amides is 2. The number of halogens is 2. The van der Waals surface area contributed by atoms with E-state index in [4.69, 9.17) is 11.6 Å². The van der Waals surface area contributed by atoms with Crippen LogP contribution in [0.15, 0.2) is 84.3 Å². The molecule has 0 spiro atoms. The van der Waals surface area contributed by atoms with E-state index >= 15 is 0 Å². The zero-order valence-corrected chi connectivity index (χ0v) is 21.3. The van der Waals surface area contributed by atoms with Crippen LogP contribution in [-0.4, -0.2) is 26.3 Å². The first-order valence-corrected chi connectivity index (χ1v) is 13.1. The van der Waals surface area contributed by atoms with Crippen LogP contribution in [0.5, 0.6) is 0 Å². The molecule has 0 fully saturated rings. The summed E-state index contributed by atoms with van der Waals surface area (Å²) in [6.45, 7) is 3.49. The van der Waals surface area contributed by atoms with E-state index in [1.54, 1.807) is 68.4 Å². The molecular weight excluding hydrogens is 503 g/mol. The van der Waals surface area contributed by atoms with Crippen LogP contribution in [0.3, 0.4) is 0 Å². The number of benzene rings is 3. The minimum Gasteiger partial charge on any atom is -0.309 e. The summed E-state index contributed by atoms with van der Waals surface area (Å²) in [5.41, 5.74) is 1.59. The number of hydrogen-bond donors (Lipinski definition) is 1. The number of rotatable bonds is 9. The second-order valence-electron chi connectivity index (χ2n) is 8.39. The fourth-order valence-corrected chi connectivity index (χ4v) is 4.66. The number of carbonyl (C=O) groups excluding carboxylic acids is 2. The van der Waals surface area contributed by atoms with Gasteiger partial charge in [0.1, 0.15) is 11.7 Å². The lowest BCUT2D eigenvalue weighted by Crippen LogP contribution is -2.48. The summed E-state index contributed by atoms with van der Waals surface area (Å²) >= 11 is 6.08. The molecule has 3 aromatic carbocycles. The van der Waals surface area contributed by atoms with E-state index in [0.29, 0.717) is 21.8 Å². The molecule has 0 aliphatic carbocycles. The fraction of sp³-hybridized carbons (Fsp3) is 0.185. The Hall–Kier alpha value is -3.49. The van der Waals surface area contributed by atoms with E-state index in [0.717, 1.165) is 5.41 Å². The van der Waals surface area contributed by atoms with Gasteiger partial charge < -0.3 is 4.90 Å². The van der Waals surface area contributed by atoms with Gasteiger partial charge >= 0.3 is 0 Å². The average molecular weight is 529 g/mol. The molecule has 1 atom stereocenters. The van der Waals surface area contributed by atoms with Crippen LogP contribution < -0.4 is 9.62 Å². The van der Waals surface area contributed by atoms with Crippen LogP contribution in [0.1, 0.15) is 25.0 Å². The van der Waals surface area contributed by atoms with Crippen molar-refractivity contribution in [3.8, 4) is 0 Å². The van der Waals surface area contributed by atoms with E-state index in [2.05, 4.69) is 0 Å². The quantitative estimate of drug-likeness (QED) is 0.387. The van der Waals surface area contributed by atoms with E-state index < -0.39 is 39.6 Å². The smallest absolute Gasteiger partial charge is 0.257 e. The molecule has 0 radical (unpaired) electrons. The minimum absolute atomic E-state index is 0.0897. The van der Waals surface area contributed by atoms with Crippen molar-refractivity contribution < 1.29 is 22.4 Å². The summed E-state index contributed by atoms with van der Waals surface area (Å²) in [5.74, 6) is -3.47. The standard InChI is InChI=1S/C27H26ClFN2O4S/c1-19(2)31(24-13-11-23(29)12-14-24)27(33)25(18-21-9-6-10-22(28)17-21)26(32)30-36(34,35)16-15-20-7-4-3-5-8-20/h3-17,19,25H,18H2,1-2H3,(H,30,32). The highest BCUT2D eigenvalue weighted by Gasteiger charge is 2.34. The SMILES string of the molecule is CC(C)N(C(=O)C(Cc1cccc(Cl)c1)C(=O)NS(=O)(=O)C=Cc1ccccc1)c1ccc(F)cc1. The lowest BCUT2D eigenvalue weighted by atomic mass is 9.96. The topological polar surface area (TPSA) is 83.6 Å². The number of carbonyl (C=O) groups is 2. The van der Waals surface area contributed by atoms with Gasteiger partial charge in [0.15, 0.2) is 0 Å². The van der Waals surface area contributed by atoms with Crippen molar-refractivity contribution in [2.45, 2.75) is 26.3 Å². The van der Waals surface area contributed by atoms with Crippen molar-refractivity contribution in [3.05, 3.63) is 106 Å². The van der Waals surface area contributed by atoms with Crippen LogP contribution in [0.4, 0.5) is 10.1 Å². The van der Waals surface area contributed by atoms with Crippen LogP contribution in [-0.2, 0) is 26.0 Å². The molecular formula is C27H26ClFN2O4S. The maximum atomic E-state index is 13.7. The molecule has 0 saturated carbocycles. The third-order valence-electron chi connectivity index (χ3n) is 5.28. The second-order valence-corrected chi connectivity index (χ2v) is 10.4. The first kappa shape index (κ1) is 27.1. The summed E-state index contributed by atoms with van der Waals surface area (Å²) in [6, 6.07) is 20.2. The van der Waals surface area contributed by atoms with Crippen LogP contribution >= 0.6 is 11.6 Å². The lowest BCUT2D eigenvalue weighted by molar-refractivity contribution is -0.132. The van der Waals surface area contributed by atoms with Crippen LogP contribution in [0.25, 0.3) is 6.08 Å². The molecule has 9 heteroatoms. The van der Waals surface area contributed by atoms with Gasteiger partial charge in [-0.15, -0.1) is 0 Å². The molecule has 0 aromatic heterocycles. The number of sulfonamides is 1. The van der Waals surface area contributed by atoms with Gasteiger partial charge in [-0.2, -0.15) is 0 Å². The first-order chi connectivity index (χ1) is 17.1. The summed E-state index contributed by atoms with van der Waals surface area (Å²) in [7, 11) is -4.20. The highest BCUT2D eigenvalue weighted by Crippen LogP contribution is 2.23. The van der Waals surface area contributed by atoms with E-state index in [1.165, 1.54) is 35.2 Å². The zero-order valence-electron chi connectivity index (χ0n) is 19.8. The van der Waals surface area contributed by atoms with E-state index in [1.807, 2.05) is 4.72 Å². The molecule has 0 bridgehead atoms. The maximum absolute atomic E-state index is 13.7. The van der Waals surface area contributed by atoms with Crippen molar-refractivity contribution >= 4 is 45.2 Å². The fourth-order valence-electron chi connectivity index (χ4n) is 3.62. The molecule has 36 heavy (non-hydrogen) atoms. The summed E-state index contributed by atoms with van der Waals surface area (Å²) < 4.78 is 40.8. The summed E-state index contributed by atoms with van der Waals surface area (Å²) in [5, 5.41) is 1.29. The van der Waals surface area contributed by atoms with Crippen molar-refractivity contribution in [1.29, 1.82) is 0 Å². The Morgan fingerprint density at radius 1 is 1.00 bits per heavy atom. The van der Waals surface area contributed by atoms with Crippen molar-refractivity contribution in [2.75, 3.05) is 4.90 Å². The van der Waals surface area contributed by atoms with Gasteiger partial charge in [0, 0.05) is 16.8 Å². The molecule has 6 nitrogen and oxygen atoms in total. The Morgan fingerprint density at radius 2 is 1.67 bits per heavy atom. The molecule has 2 amide bonds. The Balaban J connectivity index is 1.93. The summed E-state index contributed by atoms with van der Waals surface area (Å²) in [6.07, 6.45) is 1.26. The number of nitrogens with one attached hydrogen (secondary N) is 1. The zero-order chi connectivity index (χ0) is 26.3. The van der Waals surface area contributed by atoms with Crippen LogP contribution in [0, 0.1) is 11.7 Å². The van der Waals surface area contributed by atoms with Gasteiger partial charge in [0.05, 0.1) is 5.41 Å². The predicted octanol–water partition coefficient (Wildman–Crippen LogP) is 5.20. The molecule has 1 unspecified atom stereocenters. The maximum Gasteiger partial charge on any atom is 0.257 e. The molecule has 0 aliphatic heterocycles. The lowest BCUT2D eigenvalue weighted by Gasteiger charge is -2.30. The van der Waals surface area contributed by atoms with Gasteiger partial charge in [0.2, 0.25) is 11.8 Å². The first-order valence-electron chi connectivity index (χ1n) is 11.2. The average Bonchev–Trinajstić information content (AvgIpc) is 2.83. The molecule has 0 aliphatic rings. The van der Waals surface area contributed by atoms with Crippen molar-refractivity contribution in [1.82, 2.24) is 4.72 Å². The normalized spacial score (nSPS) is 12.5. The number of anilines is 1. The Morgan fingerprint density at radius 3 is 2.28 bits per heavy atom. The molecule has 188 valence electrons. The Kier molecular flexibility index (Phi) is 9.01.